The Labute approximate surface area is 169 Å². The number of methoxy groups -OCH3 is 2. The summed E-state index contributed by atoms with van der Waals surface area (Å²) in [5.74, 6) is 1.05. The number of urea groups is 1. The van der Waals surface area contributed by atoms with Crippen molar-refractivity contribution in [1.29, 1.82) is 0 Å². The van der Waals surface area contributed by atoms with Crippen LogP contribution in [0.2, 0.25) is 5.02 Å². The van der Waals surface area contributed by atoms with Gasteiger partial charge in [-0.15, -0.1) is 0 Å². The van der Waals surface area contributed by atoms with Gasteiger partial charge in [-0.25, -0.2) is 4.79 Å². The fourth-order valence-electron chi connectivity index (χ4n) is 3.29. The van der Waals surface area contributed by atoms with Crippen molar-refractivity contribution in [3.05, 3.63) is 58.6 Å². The fraction of sp³-hybridized carbons (Fsp3) is 0.333. The SMILES string of the molecule is COc1ccc(CCC2(C)NC(=O)N(Cc3c(Cl)cccc3OC)C2=O)cc1. The van der Waals surface area contributed by atoms with Crippen LogP contribution >= 0.6 is 11.6 Å². The lowest BCUT2D eigenvalue weighted by atomic mass is 9.93. The summed E-state index contributed by atoms with van der Waals surface area (Å²) >= 11 is 6.26. The Bertz CT molecular complexity index is 884. The molecule has 28 heavy (non-hydrogen) atoms. The monoisotopic (exact) mass is 402 g/mol. The number of hydrogen-bond acceptors (Lipinski definition) is 4. The minimum atomic E-state index is -0.967. The van der Waals surface area contributed by atoms with E-state index >= 15 is 0 Å². The topological polar surface area (TPSA) is 67.9 Å². The van der Waals surface area contributed by atoms with E-state index < -0.39 is 11.6 Å². The van der Waals surface area contributed by atoms with Crippen LogP contribution in [0.3, 0.4) is 0 Å². The Morgan fingerprint density at radius 2 is 1.79 bits per heavy atom. The number of ether oxygens (including phenoxy) is 2. The van der Waals surface area contributed by atoms with E-state index in [1.54, 1.807) is 32.2 Å². The molecule has 1 saturated heterocycles. The summed E-state index contributed by atoms with van der Waals surface area (Å²) in [6.07, 6.45) is 1.13. The van der Waals surface area contributed by atoms with Gasteiger partial charge in [-0.2, -0.15) is 0 Å². The molecule has 1 heterocycles. The van der Waals surface area contributed by atoms with Crippen molar-refractivity contribution in [2.24, 2.45) is 0 Å². The third-order valence-corrected chi connectivity index (χ3v) is 5.38. The Morgan fingerprint density at radius 3 is 2.43 bits per heavy atom. The average molecular weight is 403 g/mol. The summed E-state index contributed by atoms with van der Waals surface area (Å²) in [5, 5.41) is 3.28. The van der Waals surface area contributed by atoms with E-state index in [4.69, 9.17) is 21.1 Å². The molecule has 1 aliphatic rings. The maximum atomic E-state index is 13.0. The van der Waals surface area contributed by atoms with Gasteiger partial charge in [0, 0.05) is 10.6 Å². The maximum Gasteiger partial charge on any atom is 0.325 e. The first-order valence-electron chi connectivity index (χ1n) is 8.96. The van der Waals surface area contributed by atoms with Crippen LogP contribution in [-0.4, -0.2) is 36.6 Å². The van der Waals surface area contributed by atoms with E-state index in [0.29, 0.717) is 29.2 Å². The number of carbonyl (C=O) groups excluding carboxylic acids is 2. The molecule has 0 radical (unpaired) electrons. The normalized spacial score (nSPS) is 18.9. The zero-order chi connectivity index (χ0) is 20.3. The molecule has 2 aromatic rings. The highest BCUT2D eigenvalue weighted by Crippen LogP contribution is 2.31. The van der Waals surface area contributed by atoms with Crippen molar-refractivity contribution in [3.63, 3.8) is 0 Å². The Kier molecular flexibility index (Phi) is 5.79. The standard InChI is InChI=1S/C21H23ClN2O4/c1-21(12-11-14-7-9-15(27-2)10-8-14)19(25)24(20(26)23-21)13-16-17(22)5-4-6-18(16)28-3/h4-10H,11-13H2,1-3H3,(H,23,26). The second kappa shape index (κ2) is 8.10. The number of benzene rings is 2. The highest BCUT2D eigenvalue weighted by molar-refractivity contribution is 6.31. The molecule has 7 heteroatoms. The van der Waals surface area contributed by atoms with Gasteiger partial charge in [0.15, 0.2) is 0 Å². The molecule has 0 bridgehead atoms. The first kappa shape index (κ1) is 20.0. The van der Waals surface area contributed by atoms with Crippen LogP contribution in [0.4, 0.5) is 4.79 Å². The van der Waals surface area contributed by atoms with Gasteiger partial charge < -0.3 is 14.8 Å². The van der Waals surface area contributed by atoms with E-state index in [2.05, 4.69) is 5.32 Å². The summed E-state index contributed by atoms with van der Waals surface area (Å²) in [5.41, 5.74) is 0.704. The van der Waals surface area contributed by atoms with Crippen molar-refractivity contribution < 1.29 is 19.1 Å². The van der Waals surface area contributed by atoms with E-state index in [1.165, 1.54) is 12.0 Å². The van der Waals surface area contributed by atoms with Crippen molar-refractivity contribution in [3.8, 4) is 11.5 Å². The summed E-state index contributed by atoms with van der Waals surface area (Å²) in [6, 6.07) is 12.5. The molecular weight excluding hydrogens is 380 g/mol. The van der Waals surface area contributed by atoms with E-state index in [1.807, 2.05) is 24.3 Å². The van der Waals surface area contributed by atoms with Gasteiger partial charge in [-0.1, -0.05) is 29.8 Å². The van der Waals surface area contributed by atoms with Gasteiger partial charge in [0.25, 0.3) is 5.91 Å². The molecule has 2 aromatic carbocycles. The molecule has 1 fully saturated rings. The van der Waals surface area contributed by atoms with Crippen LogP contribution in [0.15, 0.2) is 42.5 Å². The number of nitrogens with one attached hydrogen (secondary N) is 1. The van der Waals surface area contributed by atoms with E-state index in [0.717, 1.165) is 11.3 Å². The predicted molar refractivity (Wildman–Crippen MR) is 107 cm³/mol. The second-order valence-electron chi connectivity index (χ2n) is 6.92. The summed E-state index contributed by atoms with van der Waals surface area (Å²) in [6.45, 7) is 1.81. The lowest BCUT2D eigenvalue weighted by molar-refractivity contribution is -0.131. The number of hydrogen-bond donors (Lipinski definition) is 1. The van der Waals surface area contributed by atoms with Crippen LogP contribution in [0, 0.1) is 0 Å². The van der Waals surface area contributed by atoms with Gasteiger partial charge >= 0.3 is 6.03 Å². The third-order valence-electron chi connectivity index (χ3n) is 5.03. The maximum absolute atomic E-state index is 13.0. The molecule has 3 amide bonds. The fourth-order valence-corrected chi connectivity index (χ4v) is 3.51. The van der Waals surface area contributed by atoms with Gasteiger partial charge in [0.05, 0.1) is 20.8 Å². The zero-order valence-electron chi connectivity index (χ0n) is 16.1. The summed E-state index contributed by atoms with van der Waals surface area (Å²) in [7, 11) is 3.14. The molecule has 1 atom stereocenters. The zero-order valence-corrected chi connectivity index (χ0v) is 16.9. The molecule has 1 unspecified atom stereocenters. The molecule has 1 aliphatic heterocycles. The number of imide groups is 1. The van der Waals surface area contributed by atoms with Crippen LogP contribution in [0.5, 0.6) is 11.5 Å². The van der Waals surface area contributed by atoms with Gasteiger partial charge in [-0.05, 0) is 49.6 Å². The minimum absolute atomic E-state index is 0.0611. The lowest BCUT2D eigenvalue weighted by Crippen LogP contribution is -2.44. The molecule has 3 rings (SSSR count). The molecule has 0 saturated carbocycles. The van der Waals surface area contributed by atoms with Crippen molar-refractivity contribution >= 4 is 23.5 Å². The molecule has 1 N–H and O–H groups in total. The number of aryl methyl sites for hydroxylation is 1. The highest BCUT2D eigenvalue weighted by Gasteiger charge is 2.47. The van der Waals surface area contributed by atoms with Crippen LogP contribution in [0.1, 0.15) is 24.5 Å². The van der Waals surface area contributed by atoms with Crippen LogP contribution in [0.25, 0.3) is 0 Å². The Hall–Kier alpha value is -2.73. The third kappa shape index (κ3) is 3.92. The van der Waals surface area contributed by atoms with Crippen LogP contribution < -0.4 is 14.8 Å². The number of amides is 3. The summed E-state index contributed by atoms with van der Waals surface area (Å²) < 4.78 is 10.5. The molecule has 0 aliphatic carbocycles. The minimum Gasteiger partial charge on any atom is -0.497 e. The molecular formula is C21H23ClN2O4. The van der Waals surface area contributed by atoms with Gasteiger partial charge in [0.2, 0.25) is 0 Å². The first-order chi connectivity index (χ1) is 13.4. The first-order valence-corrected chi connectivity index (χ1v) is 9.34. The van der Waals surface area contributed by atoms with E-state index in [-0.39, 0.29) is 12.5 Å². The average Bonchev–Trinajstić information content (AvgIpc) is 2.91. The Morgan fingerprint density at radius 1 is 1.07 bits per heavy atom. The quantitative estimate of drug-likeness (QED) is 0.715. The van der Waals surface area contributed by atoms with Crippen molar-refractivity contribution in [1.82, 2.24) is 10.2 Å². The van der Waals surface area contributed by atoms with Crippen molar-refractivity contribution in [2.75, 3.05) is 14.2 Å². The predicted octanol–water partition coefficient (Wildman–Crippen LogP) is 3.80. The second-order valence-corrected chi connectivity index (χ2v) is 7.33. The van der Waals surface area contributed by atoms with Gasteiger partial charge in [-0.3, -0.25) is 9.69 Å². The van der Waals surface area contributed by atoms with Gasteiger partial charge in [0.1, 0.15) is 17.0 Å². The number of nitrogens with zero attached hydrogens (tertiary/aromatic N) is 1. The molecule has 0 aromatic heterocycles. The highest BCUT2D eigenvalue weighted by atomic mass is 35.5. The molecule has 6 nitrogen and oxygen atoms in total. The van der Waals surface area contributed by atoms with Crippen molar-refractivity contribution in [2.45, 2.75) is 31.8 Å². The number of carbonyl (C=O) groups is 2. The summed E-state index contributed by atoms with van der Waals surface area (Å²) in [4.78, 5) is 26.7. The number of rotatable bonds is 7. The Balaban J connectivity index is 1.73. The smallest absolute Gasteiger partial charge is 0.325 e. The number of halogens is 1. The van der Waals surface area contributed by atoms with E-state index in [9.17, 15) is 9.59 Å². The van der Waals surface area contributed by atoms with Crippen LogP contribution in [-0.2, 0) is 17.8 Å². The molecule has 148 valence electrons. The lowest BCUT2D eigenvalue weighted by Gasteiger charge is -2.22. The largest absolute Gasteiger partial charge is 0.497 e. The molecule has 0 spiro atoms.